The average Bonchev–Trinajstić information content (AvgIpc) is 3.20. The molecule has 1 saturated heterocycles. The first-order valence-electron chi connectivity index (χ1n) is 8.66. The number of carbonyl (C=O) groups excluding carboxylic acids is 2. The predicted molar refractivity (Wildman–Crippen MR) is 81.8 cm³/mol. The minimum Gasteiger partial charge on any atom is -0.465 e. The number of hydrogen-bond acceptors (Lipinski definition) is 5. The van der Waals surface area contributed by atoms with Crippen molar-refractivity contribution < 1.29 is 19.1 Å². The van der Waals surface area contributed by atoms with Gasteiger partial charge in [-0.1, -0.05) is 6.92 Å². The van der Waals surface area contributed by atoms with Gasteiger partial charge in [0.1, 0.15) is 6.10 Å². The van der Waals surface area contributed by atoms with E-state index < -0.39 is 5.41 Å². The molecule has 6 atom stereocenters. The normalized spacial score (nSPS) is 39.1. The third kappa shape index (κ3) is 2.62. The largest absolute Gasteiger partial charge is 0.465 e. The molecule has 23 heavy (non-hydrogen) atoms. The van der Waals surface area contributed by atoms with Gasteiger partial charge in [0, 0.05) is 5.92 Å². The summed E-state index contributed by atoms with van der Waals surface area (Å²) in [5.74, 6) is -0.225. The van der Waals surface area contributed by atoms with Gasteiger partial charge in [0.2, 0.25) is 0 Å². The van der Waals surface area contributed by atoms with Crippen LogP contribution in [0, 0.1) is 46.3 Å². The fourth-order valence-corrected chi connectivity index (χ4v) is 4.54. The molecule has 0 radical (unpaired) electrons. The lowest BCUT2D eigenvalue weighted by atomic mass is 9.71. The summed E-state index contributed by atoms with van der Waals surface area (Å²) in [6.45, 7) is 6.23. The Labute approximate surface area is 137 Å². The second-order valence-electron chi connectivity index (χ2n) is 7.87. The third-order valence-electron chi connectivity index (χ3n) is 6.29. The van der Waals surface area contributed by atoms with Crippen molar-refractivity contribution in [3.63, 3.8) is 0 Å². The average molecular weight is 319 g/mol. The second kappa shape index (κ2) is 5.81. The van der Waals surface area contributed by atoms with E-state index in [0.717, 1.165) is 25.7 Å². The lowest BCUT2D eigenvalue weighted by molar-refractivity contribution is -0.164. The van der Waals surface area contributed by atoms with E-state index in [2.05, 4.69) is 6.07 Å². The van der Waals surface area contributed by atoms with Crippen molar-refractivity contribution >= 4 is 11.9 Å². The van der Waals surface area contributed by atoms with Gasteiger partial charge in [-0.3, -0.25) is 9.59 Å². The van der Waals surface area contributed by atoms with Gasteiger partial charge < -0.3 is 9.47 Å². The van der Waals surface area contributed by atoms with Gasteiger partial charge in [-0.25, -0.2) is 0 Å². The summed E-state index contributed by atoms with van der Waals surface area (Å²) < 4.78 is 10.9. The number of cyclic esters (lactones) is 1. The molecule has 0 aromatic carbocycles. The maximum absolute atomic E-state index is 12.3. The number of carbonyl (C=O) groups is 2. The summed E-state index contributed by atoms with van der Waals surface area (Å²) in [6.07, 6.45) is 2.94. The van der Waals surface area contributed by atoms with Crippen LogP contribution in [-0.4, -0.2) is 24.6 Å². The number of ether oxygens (including phenoxy) is 2. The quantitative estimate of drug-likeness (QED) is 0.745. The van der Waals surface area contributed by atoms with Crippen LogP contribution in [0.2, 0.25) is 0 Å². The molecule has 126 valence electrons. The Hall–Kier alpha value is -1.57. The number of nitrogens with zero attached hydrogens (tertiary/aromatic N) is 1. The highest BCUT2D eigenvalue weighted by Crippen LogP contribution is 2.57. The fourth-order valence-electron chi connectivity index (χ4n) is 4.54. The molecular formula is C18H25NO4. The second-order valence-corrected chi connectivity index (χ2v) is 7.87. The van der Waals surface area contributed by atoms with E-state index >= 15 is 0 Å². The SMILES string of the molecule is CCC(C)(C)C(=O)OC1CC2CC1C(C#N)C2C1CCOC1=O. The molecule has 1 heterocycles. The van der Waals surface area contributed by atoms with Crippen molar-refractivity contribution in [3.05, 3.63) is 0 Å². The Morgan fingerprint density at radius 2 is 2.17 bits per heavy atom. The van der Waals surface area contributed by atoms with Crippen LogP contribution in [0.4, 0.5) is 0 Å². The van der Waals surface area contributed by atoms with Crippen LogP contribution in [0.5, 0.6) is 0 Å². The molecule has 0 N–H and O–H groups in total. The number of fused-ring (bicyclic) bond motifs is 2. The smallest absolute Gasteiger partial charge is 0.311 e. The molecular weight excluding hydrogens is 294 g/mol. The molecule has 2 bridgehead atoms. The van der Waals surface area contributed by atoms with Crippen LogP contribution in [0.25, 0.3) is 0 Å². The first-order valence-corrected chi connectivity index (χ1v) is 8.66. The minimum atomic E-state index is -0.487. The Morgan fingerprint density at radius 1 is 1.43 bits per heavy atom. The van der Waals surface area contributed by atoms with Crippen molar-refractivity contribution in [2.75, 3.05) is 6.61 Å². The van der Waals surface area contributed by atoms with Crippen LogP contribution in [0.15, 0.2) is 0 Å². The molecule has 3 rings (SSSR count). The molecule has 0 aromatic rings. The minimum absolute atomic E-state index is 0.0695. The maximum atomic E-state index is 12.3. The van der Waals surface area contributed by atoms with E-state index in [9.17, 15) is 14.9 Å². The number of hydrogen-bond donors (Lipinski definition) is 0. The van der Waals surface area contributed by atoms with Crippen LogP contribution in [-0.2, 0) is 19.1 Å². The number of nitriles is 1. The molecule has 0 spiro atoms. The Kier molecular flexibility index (Phi) is 4.12. The molecule has 5 heteroatoms. The molecule has 3 fully saturated rings. The maximum Gasteiger partial charge on any atom is 0.311 e. The predicted octanol–water partition coefficient (Wildman–Crippen LogP) is 2.69. The summed E-state index contributed by atoms with van der Waals surface area (Å²) in [4.78, 5) is 24.2. The van der Waals surface area contributed by atoms with E-state index in [1.807, 2.05) is 20.8 Å². The zero-order chi connectivity index (χ0) is 16.8. The van der Waals surface area contributed by atoms with Gasteiger partial charge in [0.05, 0.1) is 29.9 Å². The van der Waals surface area contributed by atoms with E-state index in [0.29, 0.717) is 12.5 Å². The zero-order valence-electron chi connectivity index (χ0n) is 14.1. The van der Waals surface area contributed by atoms with E-state index in [1.165, 1.54) is 0 Å². The highest BCUT2D eigenvalue weighted by atomic mass is 16.5. The van der Waals surface area contributed by atoms with Gasteiger partial charge in [-0.05, 0) is 51.4 Å². The number of esters is 2. The van der Waals surface area contributed by atoms with Crippen LogP contribution in [0.3, 0.4) is 0 Å². The summed E-state index contributed by atoms with van der Waals surface area (Å²) in [6, 6.07) is 2.40. The van der Waals surface area contributed by atoms with Crippen LogP contribution in [0.1, 0.15) is 46.5 Å². The third-order valence-corrected chi connectivity index (χ3v) is 6.29. The van der Waals surface area contributed by atoms with Gasteiger partial charge >= 0.3 is 11.9 Å². The van der Waals surface area contributed by atoms with Gasteiger partial charge in [-0.2, -0.15) is 5.26 Å². The summed E-state index contributed by atoms with van der Waals surface area (Å²) >= 11 is 0. The van der Waals surface area contributed by atoms with Gasteiger partial charge in [0.25, 0.3) is 0 Å². The lowest BCUT2D eigenvalue weighted by Gasteiger charge is -2.35. The zero-order valence-corrected chi connectivity index (χ0v) is 14.1. The fraction of sp³-hybridized carbons (Fsp3) is 0.833. The van der Waals surface area contributed by atoms with Crippen molar-refractivity contribution in [2.45, 2.75) is 52.6 Å². The molecule has 0 aromatic heterocycles. The standard InChI is InChI=1S/C18H25NO4/c1-4-18(2,3)17(21)23-14-8-10-7-12(14)13(9-19)15(10)11-5-6-22-16(11)20/h10-15H,4-8H2,1-3H3. The van der Waals surface area contributed by atoms with E-state index in [-0.39, 0.29) is 41.7 Å². The van der Waals surface area contributed by atoms with Crippen molar-refractivity contribution in [2.24, 2.45) is 35.0 Å². The molecule has 2 saturated carbocycles. The highest BCUT2D eigenvalue weighted by molar-refractivity contribution is 5.76. The van der Waals surface area contributed by atoms with Crippen molar-refractivity contribution in [3.8, 4) is 6.07 Å². The first-order chi connectivity index (χ1) is 10.9. The summed E-state index contributed by atoms with van der Waals surface area (Å²) in [5.41, 5.74) is -0.487. The highest BCUT2D eigenvalue weighted by Gasteiger charge is 2.58. The van der Waals surface area contributed by atoms with Crippen LogP contribution >= 0.6 is 0 Å². The Bertz CT molecular complexity index is 550. The molecule has 0 amide bonds. The lowest BCUT2D eigenvalue weighted by Crippen LogP contribution is -2.40. The Balaban J connectivity index is 1.71. The van der Waals surface area contributed by atoms with Crippen molar-refractivity contribution in [1.82, 2.24) is 0 Å². The van der Waals surface area contributed by atoms with Gasteiger partial charge in [0.15, 0.2) is 0 Å². The molecule has 3 aliphatic rings. The van der Waals surface area contributed by atoms with Crippen LogP contribution < -0.4 is 0 Å². The Morgan fingerprint density at radius 3 is 2.74 bits per heavy atom. The monoisotopic (exact) mass is 319 g/mol. The first kappa shape index (κ1) is 16.3. The topological polar surface area (TPSA) is 76.4 Å². The van der Waals surface area contributed by atoms with Crippen molar-refractivity contribution in [1.29, 1.82) is 5.26 Å². The molecule has 2 aliphatic carbocycles. The van der Waals surface area contributed by atoms with E-state index in [4.69, 9.17) is 9.47 Å². The number of rotatable bonds is 4. The van der Waals surface area contributed by atoms with Gasteiger partial charge in [-0.15, -0.1) is 0 Å². The molecule has 1 aliphatic heterocycles. The molecule has 6 unspecified atom stereocenters. The summed E-state index contributed by atoms with van der Waals surface area (Å²) in [7, 11) is 0. The van der Waals surface area contributed by atoms with E-state index in [1.54, 1.807) is 0 Å². The summed E-state index contributed by atoms with van der Waals surface area (Å²) in [5, 5.41) is 9.62. The molecule has 5 nitrogen and oxygen atoms in total.